The van der Waals surface area contributed by atoms with Crippen LogP contribution in [-0.2, 0) is 4.79 Å². The highest BCUT2D eigenvalue weighted by Gasteiger charge is 2.36. The van der Waals surface area contributed by atoms with Crippen molar-refractivity contribution >= 4 is 34.2 Å². The van der Waals surface area contributed by atoms with Crippen LogP contribution in [0, 0.1) is 5.92 Å². The van der Waals surface area contributed by atoms with Gasteiger partial charge in [0.2, 0.25) is 5.91 Å². The molecule has 1 aromatic carbocycles. The molecule has 0 aliphatic carbocycles. The largest absolute Gasteiger partial charge is 0.354 e. The van der Waals surface area contributed by atoms with Gasteiger partial charge in [0.1, 0.15) is 6.54 Å². The zero-order valence-electron chi connectivity index (χ0n) is 14.8. The smallest absolute Gasteiger partial charge is 0.262 e. The third-order valence-corrected chi connectivity index (χ3v) is 5.81. The van der Waals surface area contributed by atoms with Crippen LogP contribution in [0.1, 0.15) is 33.6 Å². The predicted octanol–water partition coefficient (Wildman–Crippen LogP) is 1.77. The summed E-state index contributed by atoms with van der Waals surface area (Å²) < 4.78 is 0. The van der Waals surface area contributed by atoms with Gasteiger partial charge in [-0.3, -0.25) is 19.3 Å². The van der Waals surface area contributed by atoms with Gasteiger partial charge in [0, 0.05) is 31.2 Å². The van der Waals surface area contributed by atoms with Crippen molar-refractivity contribution in [2.75, 3.05) is 31.1 Å². The average Bonchev–Trinajstić information content (AvgIpc) is 3.31. The van der Waals surface area contributed by atoms with Crippen LogP contribution in [0.25, 0.3) is 0 Å². The molecule has 1 saturated heterocycles. The lowest BCUT2D eigenvalue weighted by Gasteiger charge is -2.32. The van der Waals surface area contributed by atoms with Crippen molar-refractivity contribution in [2.24, 2.45) is 5.92 Å². The Balaban J connectivity index is 1.30. The summed E-state index contributed by atoms with van der Waals surface area (Å²) in [6.07, 6.45) is 3.89. The van der Waals surface area contributed by atoms with E-state index in [0.29, 0.717) is 23.6 Å². The first-order valence-corrected chi connectivity index (χ1v) is 9.88. The topological polar surface area (TPSA) is 82.6 Å². The highest BCUT2D eigenvalue weighted by Crippen LogP contribution is 2.25. The van der Waals surface area contributed by atoms with Gasteiger partial charge in [0.05, 0.1) is 11.1 Å². The van der Waals surface area contributed by atoms with Crippen LogP contribution in [0.15, 0.2) is 35.8 Å². The van der Waals surface area contributed by atoms with E-state index in [1.807, 2.05) is 5.38 Å². The van der Waals surface area contributed by atoms with Crippen LogP contribution in [-0.4, -0.2) is 53.8 Å². The molecule has 2 aliphatic rings. The fourth-order valence-electron chi connectivity index (χ4n) is 3.62. The molecule has 2 aliphatic heterocycles. The summed E-state index contributed by atoms with van der Waals surface area (Å²) in [4.78, 5) is 44.6. The Morgan fingerprint density at radius 3 is 2.63 bits per heavy atom. The first-order chi connectivity index (χ1) is 13.1. The number of rotatable bonds is 5. The summed E-state index contributed by atoms with van der Waals surface area (Å²) in [5.74, 6) is -0.790. The van der Waals surface area contributed by atoms with Gasteiger partial charge >= 0.3 is 0 Å². The minimum absolute atomic E-state index is 0.241. The molecule has 1 N–H and O–H groups in total. The Morgan fingerprint density at radius 2 is 1.96 bits per heavy atom. The third-order valence-electron chi connectivity index (χ3n) is 4.98. The van der Waals surface area contributed by atoms with Crippen LogP contribution < -0.4 is 10.2 Å². The summed E-state index contributed by atoms with van der Waals surface area (Å²) >= 11 is 1.62. The lowest BCUT2D eigenvalue weighted by Crippen LogP contribution is -2.44. The summed E-state index contributed by atoms with van der Waals surface area (Å²) in [6, 6.07) is 6.65. The molecule has 0 saturated carbocycles. The van der Waals surface area contributed by atoms with E-state index >= 15 is 0 Å². The maximum absolute atomic E-state index is 12.3. The normalized spacial score (nSPS) is 19.3. The maximum Gasteiger partial charge on any atom is 0.262 e. The van der Waals surface area contributed by atoms with E-state index in [-0.39, 0.29) is 12.5 Å². The third kappa shape index (κ3) is 3.57. The van der Waals surface area contributed by atoms with Crippen molar-refractivity contribution < 1.29 is 14.4 Å². The van der Waals surface area contributed by atoms with E-state index in [1.165, 1.54) is 0 Å². The van der Waals surface area contributed by atoms with Crippen molar-refractivity contribution in [3.05, 3.63) is 47.0 Å². The van der Waals surface area contributed by atoms with Gasteiger partial charge in [-0.2, -0.15) is 0 Å². The minimum Gasteiger partial charge on any atom is -0.354 e. The number of fused-ring (bicyclic) bond motifs is 1. The van der Waals surface area contributed by atoms with Gasteiger partial charge in [0.25, 0.3) is 11.8 Å². The summed E-state index contributed by atoms with van der Waals surface area (Å²) in [5.41, 5.74) is 0.725. The van der Waals surface area contributed by atoms with Gasteiger partial charge in [-0.25, -0.2) is 4.98 Å². The Labute approximate surface area is 161 Å². The van der Waals surface area contributed by atoms with Crippen LogP contribution >= 0.6 is 11.3 Å². The number of carbonyl (C=O) groups is 3. The molecule has 1 unspecified atom stereocenters. The fraction of sp³-hybridized carbons (Fsp3) is 0.368. The van der Waals surface area contributed by atoms with Crippen molar-refractivity contribution in [3.63, 3.8) is 0 Å². The first kappa shape index (κ1) is 17.7. The van der Waals surface area contributed by atoms with E-state index in [4.69, 9.17) is 0 Å². The number of hydrogen-bond donors (Lipinski definition) is 1. The monoisotopic (exact) mass is 384 g/mol. The zero-order chi connectivity index (χ0) is 18.8. The molecule has 4 rings (SSSR count). The molecule has 0 bridgehead atoms. The molecular formula is C19H20N4O3S. The van der Waals surface area contributed by atoms with Crippen molar-refractivity contribution in [1.82, 2.24) is 15.2 Å². The number of nitrogens with one attached hydrogen (secondary N) is 1. The molecule has 27 heavy (non-hydrogen) atoms. The lowest BCUT2D eigenvalue weighted by molar-refractivity contribution is -0.121. The molecule has 1 atom stereocenters. The number of thiazole rings is 1. The van der Waals surface area contributed by atoms with E-state index in [2.05, 4.69) is 15.2 Å². The molecule has 7 nitrogen and oxygen atoms in total. The molecule has 1 aromatic heterocycles. The second kappa shape index (κ2) is 7.48. The highest BCUT2D eigenvalue weighted by molar-refractivity contribution is 7.13. The lowest BCUT2D eigenvalue weighted by atomic mass is 9.98. The number of amides is 3. The molecule has 0 radical (unpaired) electrons. The number of imide groups is 1. The van der Waals surface area contributed by atoms with Gasteiger partial charge in [0.15, 0.2) is 5.13 Å². The molecule has 1 fully saturated rings. The maximum atomic E-state index is 12.3. The SMILES string of the molecule is O=C(CN1C(=O)c2ccccc2C1=O)NCC1CCCN(c2nccs2)C1. The molecule has 3 heterocycles. The number of aromatic nitrogens is 1. The summed E-state index contributed by atoms with van der Waals surface area (Å²) in [7, 11) is 0. The van der Waals surface area contributed by atoms with Crippen LogP contribution in [0.3, 0.4) is 0 Å². The second-order valence-electron chi connectivity index (χ2n) is 6.82. The Bertz CT molecular complexity index is 833. The Morgan fingerprint density at radius 1 is 1.22 bits per heavy atom. The number of anilines is 1. The molecule has 140 valence electrons. The second-order valence-corrected chi connectivity index (χ2v) is 7.69. The van der Waals surface area contributed by atoms with Gasteiger partial charge in [-0.05, 0) is 30.9 Å². The van der Waals surface area contributed by atoms with Crippen molar-refractivity contribution in [3.8, 4) is 0 Å². The van der Waals surface area contributed by atoms with Gasteiger partial charge < -0.3 is 10.2 Å². The van der Waals surface area contributed by atoms with Crippen LogP contribution in [0.2, 0.25) is 0 Å². The Kier molecular flexibility index (Phi) is 4.89. The van der Waals surface area contributed by atoms with Crippen LogP contribution in [0.5, 0.6) is 0 Å². The number of nitrogens with zero attached hydrogens (tertiary/aromatic N) is 3. The van der Waals surface area contributed by atoms with Gasteiger partial charge in [-0.1, -0.05) is 12.1 Å². The number of benzene rings is 1. The standard InChI is InChI=1S/C19H20N4O3S/c24-16(12-23-17(25)14-5-1-2-6-15(14)18(23)26)21-10-13-4-3-8-22(11-13)19-20-7-9-27-19/h1-2,5-7,9,13H,3-4,8,10-12H2,(H,21,24). The average molecular weight is 384 g/mol. The highest BCUT2D eigenvalue weighted by atomic mass is 32.1. The molecular weight excluding hydrogens is 364 g/mol. The van der Waals surface area contributed by atoms with Crippen LogP contribution in [0.4, 0.5) is 5.13 Å². The molecule has 2 aromatic rings. The van der Waals surface area contributed by atoms with Crippen molar-refractivity contribution in [1.29, 1.82) is 0 Å². The van der Waals surface area contributed by atoms with Gasteiger partial charge in [-0.15, -0.1) is 11.3 Å². The molecule has 3 amide bonds. The molecule has 0 spiro atoms. The zero-order valence-corrected chi connectivity index (χ0v) is 15.6. The fourth-order valence-corrected chi connectivity index (χ4v) is 4.30. The summed E-state index contributed by atoms with van der Waals surface area (Å²) in [6.45, 7) is 2.12. The van der Waals surface area contributed by atoms with E-state index in [0.717, 1.165) is 36.0 Å². The molecule has 8 heteroatoms. The van der Waals surface area contributed by atoms with E-state index in [1.54, 1.807) is 41.8 Å². The summed E-state index contributed by atoms with van der Waals surface area (Å²) in [5, 5.41) is 5.86. The number of carbonyl (C=O) groups excluding carboxylic acids is 3. The van der Waals surface area contributed by atoms with E-state index in [9.17, 15) is 14.4 Å². The van der Waals surface area contributed by atoms with Crippen molar-refractivity contribution in [2.45, 2.75) is 12.8 Å². The first-order valence-electron chi connectivity index (χ1n) is 9.00. The predicted molar refractivity (Wildman–Crippen MR) is 102 cm³/mol. The quantitative estimate of drug-likeness (QED) is 0.795. The number of hydrogen-bond acceptors (Lipinski definition) is 6. The van der Waals surface area contributed by atoms with E-state index < -0.39 is 11.8 Å². The Hall–Kier alpha value is -2.74. The number of piperidine rings is 1. The minimum atomic E-state index is -0.404.